The Labute approximate surface area is 199 Å². The van der Waals surface area contributed by atoms with E-state index in [1.54, 1.807) is 12.1 Å². The van der Waals surface area contributed by atoms with Crippen LogP contribution < -0.4 is 5.32 Å². The van der Waals surface area contributed by atoms with Crippen molar-refractivity contribution in [3.8, 4) is 0 Å². The maximum Gasteiger partial charge on any atom is 0.243 e. The summed E-state index contributed by atoms with van der Waals surface area (Å²) in [5.74, 6) is 1.72. The second-order valence-electron chi connectivity index (χ2n) is 9.01. The summed E-state index contributed by atoms with van der Waals surface area (Å²) >= 11 is 0. The molecule has 2 aromatic rings. The Balaban J connectivity index is 1.60. The minimum atomic E-state index is -3.53. The number of sulfonamides is 1. The number of nitrogens with one attached hydrogen (secondary N) is 1. The Hall–Kier alpha value is -1.93. The highest BCUT2D eigenvalue weighted by molar-refractivity contribution is 7.89. The lowest BCUT2D eigenvalue weighted by Gasteiger charge is -2.21. The van der Waals surface area contributed by atoms with Gasteiger partial charge in [-0.25, -0.2) is 13.4 Å². The molecule has 8 heteroatoms. The lowest BCUT2D eigenvalue weighted by Crippen LogP contribution is -2.30. The molecule has 1 aliphatic rings. The van der Waals surface area contributed by atoms with Gasteiger partial charge in [-0.2, -0.15) is 4.31 Å². The largest absolute Gasteiger partial charge is 0.356 e. The van der Waals surface area contributed by atoms with E-state index in [1.807, 2.05) is 26.8 Å². The van der Waals surface area contributed by atoms with E-state index in [2.05, 4.69) is 9.88 Å². The second kappa shape index (κ2) is 12.0. The fraction of sp³-hybridized carbons (Fsp3) is 0.680. The summed E-state index contributed by atoms with van der Waals surface area (Å²) in [6, 6.07) is 5.15. The van der Waals surface area contributed by atoms with Crippen molar-refractivity contribution >= 4 is 27.0 Å². The van der Waals surface area contributed by atoms with Gasteiger partial charge in [0.25, 0.3) is 0 Å². The average Bonchev–Trinajstić information content (AvgIpc) is 3.18. The van der Waals surface area contributed by atoms with Gasteiger partial charge >= 0.3 is 0 Å². The Kier molecular flexibility index (Phi) is 9.32. The highest BCUT2D eigenvalue weighted by atomic mass is 32.2. The zero-order chi connectivity index (χ0) is 23.8. The zero-order valence-corrected chi connectivity index (χ0v) is 21.3. The number of carbonyl (C=O) groups excluding carboxylic acids is 1. The number of aryl methyl sites for hydroxylation is 2. The Morgan fingerprint density at radius 1 is 1.15 bits per heavy atom. The van der Waals surface area contributed by atoms with Crippen molar-refractivity contribution in [2.75, 3.05) is 19.6 Å². The first kappa shape index (κ1) is 25.7. The van der Waals surface area contributed by atoms with Crippen molar-refractivity contribution in [3.63, 3.8) is 0 Å². The first-order chi connectivity index (χ1) is 15.9. The van der Waals surface area contributed by atoms with Gasteiger partial charge in [-0.15, -0.1) is 0 Å². The lowest BCUT2D eigenvalue weighted by molar-refractivity contribution is -0.121. The molecule has 1 N–H and O–H groups in total. The molecule has 1 aliphatic carbocycles. The number of benzene rings is 1. The highest BCUT2D eigenvalue weighted by Crippen LogP contribution is 2.27. The molecular formula is C25H40N4O3S. The fourth-order valence-corrected chi connectivity index (χ4v) is 6.46. The summed E-state index contributed by atoms with van der Waals surface area (Å²) in [7, 11) is -3.53. The van der Waals surface area contributed by atoms with Gasteiger partial charge in [0, 0.05) is 39.0 Å². The molecule has 0 unspecified atom stereocenters. The number of nitrogens with zero attached hydrogens (tertiary/aromatic N) is 3. The van der Waals surface area contributed by atoms with E-state index >= 15 is 0 Å². The molecule has 33 heavy (non-hydrogen) atoms. The van der Waals surface area contributed by atoms with Gasteiger partial charge in [-0.3, -0.25) is 4.79 Å². The van der Waals surface area contributed by atoms with Crippen molar-refractivity contribution in [2.24, 2.45) is 5.92 Å². The van der Waals surface area contributed by atoms with Gasteiger partial charge < -0.3 is 9.88 Å². The predicted molar refractivity (Wildman–Crippen MR) is 133 cm³/mol. The van der Waals surface area contributed by atoms with Crippen LogP contribution in [0, 0.1) is 5.92 Å². The van der Waals surface area contributed by atoms with Gasteiger partial charge in [0.2, 0.25) is 15.9 Å². The molecule has 0 bridgehead atoms. The molecule has 3 rings (SSSR count). The predicted octanol–water partition coefficient (Wildman–Crippen LogP) is 4.50. The topological polar surface area (TPSA) is 84.3 Å². The molecular weight excluding hydrogens is 436 g/mol. The Bertz CT molecular complexity index is 1020. The molecule has 1 aromatic carbocycles. The number of carbonyl (C=O) groups is 1. The number of imidazole rings is 1. The normalized spacial score (nSPS) is 15.4. The van der Waals surface area contributed by atoms with Crippen LogP contribution in [0.5, 0.6) is 0 Å². The molecule has 1 saturated carbocycles. The van der Waals surface area contributed by atoms with E-state index in [0.29, 0.717) is 31.4 Å². The standard InChI is InChI=1S/C25H40N4O3S/c1-4-28(5-2)33(31,32)21-14-15-23-22(19-21)27-24(29(23)6-3)16-17-25(30)26-18-10-13-20-11-8-7-9-12-20/h14-15,19-20H,4-13,16-18H2,1-3H3,(H,26,30). The third kappa shape index (κ3) is 6.35. The molecule has 184 valence electrons. The molecule has 7 nitrogen and oxygen atoms in total. The van der Waals surface area contributed by atoms with Crippen LogP contribution in [0.2, 0.25) is 0 Å². The Morgan fingerprint density at radius 2 is 1.88 bits per heavy atom. The summed E-state index contributed by atoms with van der Waals surface area (Å²) < 4.78 is 29.3. The number of hydrogen-bond donors (Lipinski definition) is 1. The van der Waals surface area contributed by atoms with E-state index in [0.717, 1.165) is 36.8 Å². The van der Waals surface area contributed by atoms with E-state index in [4.69, 9.17) is 4.98 Å². The van der Waals surface area contributed by atoms with Crippen LogP contribution in [-0.4, -0.2) is 47.8 Å². The zero-order valence-electron chi connectivity index (χ0n) is 20.5. The molecule has 1 fully saturated rings. The van der Waals surface area contributed by atoms with Crippen LogP contribution in [0.15, 0.2) is 23.1 Å². The van der Waals surface area contributed by atoms with Gasteiger partial charge in [-0.05, 0) is 43.9 Å². The molecule has 0 saturated heterocycles. The van der Waals surface area contributed by atoms with Crippen LogP contribution in [0.3, 0.4) is 0 Å². The van der Waals surface area contributed by atoms with Gasteiger partial charge in [0.15, 0.2) is 0 Å². The highest BCUT2D eigenvalue weighted by Gasteiger charge is 2.23. The van der Waals surface area contributed by atoms with Gasteiger partial charge in [0.1, 0.15) is 5.82 Å². The SMILES string of the molecule is CCN(CC)S(=O)(=O)c1ccc2c(c1)nc(CCC(=O)NCCCC1CCCCC1)n2CC. The molecule has 1 heterocycles. The first-order valence-corrected chi connectivity index (χ1v) is 14.1. The maximum absolute atomic E-state index is 12.9. The van der Waals surface area contributed by atoms with E-state index in [-0.39, 0.29) is 10.8 Å². The van der Waals surface area contributed by atoms with Crippen molar-refractivity contribution in [1.29, 1.82) is 0 Å². The van der Waals surface area contributed by atoms with Crippen molar-refractivity contribution in [2.45, 2.75) is 90.0 Å². The van der Waals surface area contributed by atoms with E-state index in [1.165, 1.54) is 42.8 Å². The summed E-state index contributed by atoms with van der Waals surface area (Å²) in [5, 5.41) is 3.06. The molecule has 0 spiro atoms. The van der Waals surface area contributed by atoms with E-state index in [9.17, 15) is 13.2 Å². The molecule has 1 amide bonds. The number of fused-ring (bicyclic) bond motifs is 1. The lowest BCUT2D eigenvalue weighted by atomic mass is 9.86. The number of aromatic nitrogens is 2. The third-order valence-corrected chi connectivity index (χ3v) is 8.92. The fourth-order valence-electron chi connectivity index (χ4n) is 4.98. The molecule has 0 radical (unpaired) electrons. The smallest absolute Gasteiger partial charge is 0.243 e. The Morgan fingerprint density at radius 3 is 2.55 bits per heavy atom. The molecule has 0 atom stereocenters. The number of amides is 1. The van der Waals surface area contributed by atoms with Gasteiger partial charge in [0.05, 0.1) is 15.9 Å². The minimum absolute atomic E-state index is 0.0538. The first-order valence-electron chi connectivity index (χ1n) is 12.7. The van der Waals surface area contributed by atoms with Crippen molar-refractivity contribution in [3.05, 3.63) is 24.0 Å². The maximum atomic E-state index is 12.9. The molecule has 0 aliphatic heterocycles. The van der Waals surface area contributed by atoms with Crippen LogP contribution >= 0.6 is 0 Å². The number of rotatable bonds is 12. The third-order valence-electron chi connectivity index (χ3n) is 6.87. The van der Waals surface area contributed by atoms with E-state index < -0.39 is 10.0 Å². The monoisotopic (exact) mass is 476 g/mol. The van der Waals surface area contributed by atoms with Crippen molar-refractivity contribution in [1.82, 2.24) is 19.2 Å². The summed E-state index contributed by atoms with van der Waals surface area (Å²) in [6.45, 7) is 8.04. The van der Waals surface area contributed by atoms with Crippen LogP contribution in [0.25, 0.3) is 11.0 Å². The minimum Gasteiger partial charge on any atom is -0.356 e. The second-order valence-corrected chi connectivity index (χ2v) is 10.9. The van der Waals surface area contributed by atoms with Crippen LogP contribution in [0.1, 0.15) is 78.0 Å². The molecule has 1 aromatic heterocycles. The quantitative estimate of drug-likeness (QED) is 0.457. The van der Waals surface area contributed by atoms with Crippen LogP contribution in [0.4, 0.5) is 0 Å². The summed E-state index contributed by atoms with van der Waals surface area (Å²) in [6.07, 6.45) is 9.97. The summed E-state index contributed by atoms with van der Waals surface area (Å²) in [5.41, 5.74) is 1.56. The average molecular weight is 477 g/mol. The summed E-state index contributed by atoms with van der Waals surface area (Å²) in [4.78, 5) is 17.3. The van der Waals surface area contributed by atoms with Crippen molar-refractivity contribution < 1.29 is 13.2 Å². The van der Waals surface area contributed by atoms with Crippen LogP contribution in [-0.2, 0) is 27.8 Å². The number of hydrogen-bond acceptors (Lipinski definition) is 4. The van der Waals surface area contributed by atoms with Gasteiger partial charge in [-0.1, -0.05) is 46.0 Å².